The molecule has 0 radical (unpaired) electrons. The molecule has 0 aliphatic heterocycles. The van der Waals surface area contributed by atoms with Gasteiger partial charge in [-0.15, -0.1) is 0 Å². The fraction of sp³-hybridized carbons (Fsp3) is 0.100. The molecule has 3 aromatic rings. The van der Waals surface area contributed by atoms with Gasteiger partial charge in [-0.05, 0) is 37.3 Å². The zero-order chi connectivity index (χ0) is 19.2. The summed E-state index contributed by atoms with van der Waals surface area (Å²) in [4.78, 5) is 20.9. The van der Waals surface area contributed by atoms with E-state index in [4.69, 9.17) is 5.26 Å². The fourth-order valence-corrected chi connectivity index (χ4v) is 2.44. The van der Waals surface area contributed by atoms with E-state index in [1.54, 1.807) is 55.5 Å². The second-order valence-electron chi connectivity index (χ2n) is 5.81. The molecule has 0 spiro atoms. The van der Waals surface area contributed by atoms with Crippen LogP contribution in [0.1, 0.15) is 27.3 Å². The Morgan fingerprint density at radius 2 is 1.96 bits per heavy atom. The van der Waals surface area contributed by atoms with E-state index in [0.717, 1.165) is 0 Å². The van der Waals surface area contributed by atoms with Crippen LogP contribution in [-0.4, -0.2) is 15.9 Å². The lowest BCUT2D eigenvalue weighted by Gasteiger charge is -2.09. The lowest BCUT2D eigenvalue weighted by molar-refractivity contribution is 0.0945. The molecule has 6 nitrogen and oxygen atoms in total. The second-order valence-corrected chi connectivity index (χ2v) is 5.81. The number of hydrogen-bond donors (Lipinski definition) is 2. The van der Waals surface area contributed by atoms with Crippen LogP contribution in [0, 0.1) is 24.1 Å². The van der Waals surface area contributed by atoms with Crippen molar-refractivity contribution >= 4 is 17.5 Å². The largest absolute Gasteiger partial charge is 0.347 e. The summed E-state index contributed by atoms with van der Waals surface area (Å²) in [6, 6.07) is 16.7. The molecule has 0 bridgehead atoms. The normalized spacial score (nSPS) is 10.1. The molecule has 2 N–H and O–H groups in total. The quantitative estimate of drug-likeness (QED) is 0.726. The van der Waals surface area contributed by atoms with E-state index in [0.29, 0.717) is 22.5 Å². The van der Waals surface area contributed by atoms with E-state index < -0.39 is 5.91 Å². The summed E-state index contributed by atoms with van der Waals surface area (Å²) in [6.07, 6.45) is 0. The summed E-state index contributed by atoms with van der Waals surface area (Å²) in [5.74, 6) is -0.574. The maximum absolute atomic E-state index is 13.7. The summed E-state index contributed by atoms with van der Waals surface area (Å²) >= 11 is 0. The van der Waals surface area contributed by atoms with Crippen LogP contribution in [0.25, 0.3) is 0 Å². The van der Waals surface area contributed by atoms with Crippen molar-refractivity contribution in [3.05, 3.63) is 82.9 Å². The smallest absolute Gasteiger partial charge is 0.270 e. The molecule has 134 valence electrons. The Kier molecular flexibility index (Phi) is 5.38. The van der Waals surface area contributed by atoms with Gasteiger partial charge in [-0.25, -0.2) is 14.4 Å². The molecule has 0 saturated heterocycles. The average Bonchev–Trinajstić information content (AvgIpc) is 2.67. The van der Waals surface area contributed by atoms with Crippen molar-refractivity contribution in [2.45, 2.75) is 13.5 Å². The van der Waals surface area contributed by atoms with E-state index in [2.05, 4.69) is 26.7 Å². The predicted octanol–water partition coefficient (Wildman–Crippen LogP) is 3.47. The highest BCUT2D eigenvalue weighted by Gasteiger charge is 2.12. The van der Waals surface area contributed by atoms with Crippen molar-refractivity contribution in [1.82, 2.24) is 15.3 Å². The van der Waals surface area contributed by atoms with Crippen LogP contribution in [0.3, 0.4) is 0 Å². The van der Waals surface area contributed by atoms with Crippen LogP contribution in [0.2, 0.25) is 0 Å². The minimum Gasteiger partial charge on any atom is -0.347 e. The van der Waals surface area contributed by atoms with Gasteiger partial charge in [0, 0.05) is 23.5 Å². The number of carbonyl (C=O) groups is 1. The molecule has 7 heteroatoms. The number of nitriles is 1. The first-order valence-electron chi connectivity index (χ1n) is 8.19. The molecule has 1 amide bonds. The molecule has 0 unspecified atom stereocenters. The number of carbonyl (C=O) groups excluding carboxylic acids is 1. The highest BCUT2D eigenvalue weighted by Crippen LogP contribution is 2.15. The topological polar surface area (TPSA) is 90.7 Å². The van der Waals surface area contributed by atoms with Crippen molar-refractivity contribution in [3.63, 3.8) is 0 Å². The van der Waals surface area contributed by atoms with Crippen molar-refractivity contribution in [2.75, 3.05) is 5.32 Å². The molecule has 3 rings (SSSR count). The summed E-state index contributed by atoms with van der Waals surface area (Å²) in [6.45, 7) is 1.80. The minimum atomic E-state index is -0.433. The number of halogens is 1. The Labute approximate surface area is 155 Å². The predicted molar refractivity (Wildman–Crippen MR) is 98.8 cm³/mol. The molecule has 1 heterocycles. The number of benzene rings is 2. The van der Waals surface area contributed by atoms with Gasteiger partial charge in [-0.1, -0.05) is 24.3 Å². The Balaban J connectivity index is 1.75. The van der Waals surface area contributed by atoms with Gasteiger partial charge in [-0.3, -0.25) is 4.79 Å². The van der Waals surface area contributed by atoms with Crippen molar-refractivity contribution < 1.29 is 9.18 Å². The fourth-order valence-electron chi connectivity index (χ4n) is 2.44. The molecule has 0 aliphatic carbocycles. The maximum Gasteiger partial charge on any atom is 0.270 e. The maximum atomic E-state index is 13.7. The number of anilines is 2. The number of amides is 1. The summed E-state index contributed by atoms with van der Waals surface area (Å²) in [5, 5.41) is 14.6. The molecule has 1 aromatic heterocycles. The van der Waals surface area contributed by atoms with Crippen LogP contribution in [0.15, 0.2) is 54.6 Å². The van der Waals surface area contributed by atoms with Crippen LogP contribution >= 0.6 is 0 Å². The minimum absolute atomic E-state index is 0.0571. The van der Waals surface area contributed by atoms with Crippen LogP contribution in [-0.2, 0) is 6.54 Å². The SMILES string of the molecule is Cc1cc(C(=O)NCc2ccccc2F)nc(Nc2cccc(C#N)c2)n1. The van der Waals surface area contributed by atoms with Gasteiger partial charge in [-0.2, -0.15) is 5.26 Å². The van der Waals surface area contributed by atoms with E-state index in [9.17, 15) is 9.18 Å². The number of nitrogens with zero attached hydrogens (tertiary/aromatic N) is 3. The van der Waals surface area contributed by atoms with Gasteiger partial charge in [0.1, 0.15) is 11.5 Å². The van der Waals surface area contributed by atoms with Gasteiger partial charge in [0.25, 0.3) is 5.91 Å². The molecular formula is C20H16FN5O. The van der Waals surface area contributed by atoms with Crippen LogP contribution < -0.4 is 10.6 Å². The lowest BCUT2D eigenvalue weighted by atomic mass is 10.2. The van der Waals surface area contributed by atoms with Crippen molar-refractivity contribution in [2.24, 2.45) is 0 Å². The first-order chi connectivity index (χ1) is 13.0. The summed E-state index contributed by atoms with van der Waals surface area (Å²) in [5.41, 5.74) is 2.29. The Bertz CT molecular complexity index is 1030. The van der Waals surface area contributed by atoms with Crippen LogP contribution in [0.5, 0.6) is 0 Å². The third-order valence-corrected chi connectivity index (χ3v) is 3.73. The highest BCUT2D eigenvalue weighted by molar-refractivity contribution is 5.92. The van der Waals surface area contributed by atoms with Crippen molar-refractivity contribution in [3.8, 4) is 6.07 Å². The lowest BCUT2D eigenvalue weighted by Crippen LogP contribution is -2.25. The number of rotatable bonds is 5. The summed E-state index contributed by atoms with van der Waals surface area (Å²) in [7, 11) is 0. The zero-order valence-electron chi connectivity index (χ0n) is 14.5. The first-order valence-corrected chi connectivity index (χ1v) is 8.19. The first kappa shape index (κ1) is 18.0. The third-order valence-electron chi connectivity index (χ3n) is 3.73. The molecular weight excluding hydrogens is 345 g/mol. The number of aryl methyl sites for hydroxylation is 1. The molecule has 0 saturated carbocycles. The third kappa shape index (κ3) is 4.64. The molecule has 0 atom stereocenters. The standard InChI is InChI=1S/C20H16FN5O/c1-13-9-18(19(27)23-12-15-6-2-3-8-17(15)21)26-20(24-13)25-16-7-4-5-14(10-16)11-22/h2-10H,12H2,1H3,(H,23,27)(H,24,25,26). The molecule has 0 fully saturated rings. The zero-order valence-corrected chi connectivity index (χ0v) is 14.5. The molecule has 2 aromatic carbocycles. The van der Waals surface area contributed by atoms with Gasteiger partial charge in [0.15, 0.2) is 0 Å². The van der Waals surface area contributed by atoms with Crippen molar-refractivity contribution in [1.29, 1.82) is 5.26 Å². The van der Waals surface area contributed by atoms with Crippen LogP contribution in [0.4, 0.5) is 16.0 Å². The van der Waals surface area contributed by atoms with E-state index in [1.807, 2.05) is 0 Å². The van der Waals surface area contributed by atoms with E-state index in [1.165, 1.54) is 6.07 Å². The van der Waals surface area contributed by atoms with Gasteiger partial charge in [0.2, 0.25) is 5.95 Å². The Morgan fingerprint density at radius 1 is 1.15 bits per heavy atom. The van der Waals surface area contributed by atoms with Gasteiger partial charge >= 0.3 is 0 Å². The van der Waals surface area contributed by atoms with Gasteiger partial charge in [0.05, 0.1) is 11.6 Å². The second kappa shape index (κ2) is 8.06. The highest BCUT2D eigenvalue weighted by atomic mass is 19.1. The molecule has 0 aliphatic rings. The van der Waals surface area contributed by atoms with E-state index in [-0.39, 0.29) is 24.0 Å². The number of aromatic nitrogens is 2. The number of hydrogen-bond acceptors (Lipinski definition) is 5. The Hall–Kier alpha value is -3.79. The van der Waals surface area contributed by atoms with E-state index >= 15 is 0 Å². The summed E-state index contributed by atoms with van der Waals surface area (Å²) < 4.78 is 13.7. The van der Waals surface area contributed by atoms with Gasteiger partial charge < -0.3 is 10.6 Å². The molecule has 27 heavy (non-hydrogen) atoms. The average molecular weight is 361 g/mol. The number of nitrogens with one attached hydrogen (secondary N) is 2. The Morgan fingerprint density at radius 3 is 2.74 bits per heavy atom. The monoisotopic (exact) mass is 361 g/mol.